The second-order valence-corrected chi connectivity index (χ2v) is 2.70. The number of aryl methyl sites for hydroxylation is 1. The summed E-state index contributed by atoms with van der Waals surface area (Å²) < 4.78 is 45.9. The van der Waals surface area contributed by atoms with E-state index in [1.807, 2.05) is 0 Å². The van der Waals surface area contributed by atoms with Gasteiger partial charge in [0.25, 0.3) is 0 Å². The van der Waals surface area contributed by atoms with E-state index >= 15 is 0 Å². The molecule has 4 nitrogen and oxygen atoms in total. The van der Waals surface area contributed by atoms with Crippen molar-refractivity contribution >= 4 is 11.8 Å². The number of aliphatic imine (C=N–C) groups is 2. The maximum atomic E-state index is 7.91. The Hall–Kier alpha value is -1.84. The molecule has 0 bridgehead atoms. The average Bonchev–Trinajstić information content (AvgIpc) is 2.32. The average molecular weight is 210 g/mol. The predicted molar refractivity (Wildman–Crippen MR) is 63.9 cm³/mol. The summed E-state index contributed by atoms with van der Waals surface area (Å²) in [6.45, 7) is -0.951. The number of hydrogen-bond acceptors (Lipinski definition) is 1. The van der Waals surface area contributed by atoms with Gasteiger partial charge in [-0.05, 0) is 18.9 Å². The van der Waals surface area contributed by atoms with Crippen LogP contribution in [-0.4, -0.2) is 18.3 Å². The van der Waals surface area contributed by atoms with Crippen molar-refractivity contribution < 1.29 is 8.22 Å². The zero-order valence-electron chi connectivity index (χ0n) is 14.3. The molecule has 0 radical (unpaired) electrons. The van der Waals surface area contributed by atoms with Crippen LogP contribution >= 0.6 is 0 Å². The van der Waals surface area contributed by atoms with Gasteiger partial charge in [-0.15, -0.1) is 0 Å². The quantitative estimate of drug-likeness (QED) is 0.575. The molecule has 0 saturated carbocycles. The molecule has 0 aliphatic carbocycles. The van der Waals surface area contributed by atoms with E-state index < -0.39 is 18.9 Å². The van der Waals surface area contributed by atoms with Gasteiger partial charge in [-0.2, -0.15) is 0 Å². The van der Waals surface area contributed by atoms with Gasteiger partial charge in [0.15, 0.2) is 0 Å². The fraction of sp³-hybridized carbons (Fsp3) is 0.273. The summed E-state index contributed by atoms with van der Waals surface area (Å²) in [5.41, 5.74) is 10.8. The van der Waals surface area contributed by atoms with Crippen LogP contribution in [0.2, 0.25) is 0 Å². The molecule has 4 heteroatoms. The minimum Gasteiger partial charge on any atom is -0.387 e. The number of amidine groups is 1. The standard InChI is InChI=1S/C11H16N4/c1-9(12)15-11(13)14-8-7-10-5-3-2-4-6-10/h2-6H,7-8H2,1H3,(H4,12,13,14,15)/i2D,3D,4D,7D,8D2. The summed E-state index contributed by atoms with van der Waals surface area (Å²) in [5.74, 6) is -0.291. The number of guanidine groups is 1. The molecule has 0 saturated heterocycles. The minimum absolute atomic E-state index is 0.0657. The first-order valence-electron chi connectivity index (χ1n) is 7.28. The van der Waals surface area contributed by atoms with Crippen LogP contribution in [0.4, 0.5) is 0 Å². The van der Waals surface area contributed by atoms with E-state index in [9.17, 15) is 0 Å². The summed E-state index contributed by atoms with van der Waals surface area (Å²) >= 11 is 0. The summed E-state index contributed by atoms with van der Waals surface area (Å²) in [5, 5.41) is 0. The molecule has 80 valence electrons. The Kier molecular flexibility index (Phi) is 2.05. The largest absolute Gasteiger partial charge is 0.387 e. The van der Waals surface area contributed by atoms with Gasteiger partial charge in [-0.1, -0.05) is 30.3 Å². The molecule has 0 spiro atoms. The zero-order chi connectivity index (χ0) is 16.4. The maximum Gasteiger partial charge on any atom is 0.216 e. The number of nitrogens with zero attached hydrogens (tertiary/aromatic N) is 2. The molecule has 15 heavy (non-hydrogen) atoms. The molecular weight excluding hydrogens is 188 g/mol. The lowest BCUT2D eigenvalue weighted by molar-refractivity contribution is 0.962. The van der Waals surface area contributed by atoms with Gasteiger partial charge < -0.3 is 11.5 Å². The van der Waals surface area contributed by atoms with E-state index in [1.165, 1.54) is 19.1 Å². The van der Waals surface area contributed by atoms with Crippen LogP contribution < -0.4 is 11.5 Å². The lowest BCUT2D eigenvalue weighted by atomic mass is 10.2. The van der Waals surface area contributed by atoms with E-state index in [2.05, 4.69) is 9.98 Å². The first-order valence-corrected chi connectivity index (χ1v) is 4.20. The predicted octanol–water partition coefficient (Wildman–Crippen LogP) is 0.921. The lowest BCUT2D eigenvalue weighted by Crippen LogP contribution is -2.16. The molecule has 0 amide bonds. The number of rotatable bonds is 3. The van der Waals surface area contributed by atoms with Gasteiger partial charge in [0.2, 0.25) is 5.96 Å². The highest BCUT2D eigenvalue weighted by atomic mass is 15.1. The van der Waals surface area contributed by atoms with Crippen LogP contribution in [0.25, 0.3) is 0 Å². The van der Waals surface area contributed by atoms with Crippen molar-refractivity contribution in [3.8, 4) is 0 Å². The molecule has 1 aromatic rings. The molecule has 0 aliphatic rings. The van der Waals surface area contributed by atoms with Crippen LogP contribution in [0.1, 0.15) is 20.7 Å². The van der Waals surface area contributed by atoms with Crippen molar-refractivity contribution in [2.24, 2.45) is 21.5 Å². The second kappa shape index (κ2) is 5.80. The van der Waals surface area contributed by atoms with Crippen molar-refractivity contribution in [3.05, 3.63) is 35.8 Å². The van der Waals surface area contributed by atoms with E-state index in [0.29, 0.717) is 0 Å². The molecular formula is C11H16N4. The molecule has 1 aromatic carbocycles. The highest BCUT2D eigenvalue weighted by molar-refractivity contribution is 5.93. The van der Waals surface area contributed by atoms with Crippen molar-refractivity contribution in [1.82, 2.24) is 0 Å². The van der Waals surface area contributed by atoms with E-state index in [1.54, 1.807) is 0 Å². The summed E-state index contributed by atoms with van der Waals surface area (Å²) in [7, 11) is 0. The van der Waals surface area contributed by atoms with Gasteiger partial charge >= 0.3 is 0 Å². The highest BCUT2D eigenvalue weighted by Gasteiger charge is 1.91. The summed E-state index contributed by atoms with van der Waals surface area (Å²) in [4.78, 5) is 7.09. The Morgan fingerprint density at radius 1 is 1.40 bits per heavy atom. The van der Waals surface area contributed by atoms with E-state index in [4.69, 9.17) is 19.7 Å². The minimum atomic E-state index is -2.41. The Labute approximate surface area is 98.2 Å². The van der Waals surface area contributed by atoms with Crippen LogP contribution in [-0.2, 0) is 6.40 Å². The summed E-state index contributed by atoms with van der Waals surface area (Å²) in [6, 6.07) is 1.55. The van der Waals surface area contributed by atoms with E-state index in [-0.39, 0.29) is 29.5 Å². The monoisotopic (exact) mass is 210 g/mol. The topological polar surface area (TPSA) is 76.8 Å². The molecule has 1 rings (SSSR count). The fourth-order valence-electron chi connectivity index (χ4n) is 0.784. The van der Waals surface area contributed by atoms with Crippen molar-refractivity contribution in [2.45, 2.75) is 13.3 Å². The lowest BCUT2D eigenvalue weighted by Gasteiger charge is -1.97. The van der Waals surface area contributed by atoms with Crippen LogP contribution in [0.3, 0.4) is 0 Å². The SMILES string of the molecule is [2H]c1cc(C([2H])C([2H])([2H])N=C(N)N=C(C)N)cc([2H])c1[2H]. The number of benzene rings is 1. The maximum absolute atomic E-state index is 7.91. The molecule has 1 unspecified atom stereocenters. The van der Waals surface area contributed by atoms with Gasteiger partial charge in [-0.25, -0.2) is 4.99 Å². The van der Waals surface area contributed by atoms with E-state index in [0.717, 1.165) is 0 Å². The fourth-order valence-corrected chi connectivity index (χ4v) is 0.784. The Balaban J connectivity index is 3.17. The zero-order valence-corrected chi connectivity index (χ0v) is 8.28. The van der Waals surface area contributed by atoms with Crippen molar-refractivity contribution in [1.29, 1.82) is 0 Å². The third-order valence-electron chi connectivity index (χ3n) is 1.32. The Morgan fingerprint density at radius 2 is 2.07 bits per heavy atom. The summed E-state index contributed by atoms with van der Waals surface area (Å²) in [6.07, 6.45) is -1.52. The van der Waals surface area contributed by atoms with Crippen molar-refractivity contribution in [3.63, 3.8) is 0 Å². The van der Waals surface area contributed by atoms with Crippen molar-refractivity contribution in [2.75, 3.05) is 6.50 Å². The third-order valence-corrected chi connectivity index (χ3v) is 1.32. The molecule has 4 N–H and O–H groups in total. The third kappa shape index (κ3) is 4.81. The molecule has 0 aliphatic heterocycles. The smallest absolute Gasteiger partial charge is 0.216 e. The molecule has 0 aromatic heterocycles. The molecule has 0 fully saturated rings. The van der Waals surface area contributed by atoms with Gasteiger partial charge in [-0.3, -0.25) is 4.99 Å². The van der Waals surface area contributed by atoms with Gasteiger partial charge in [0, 0.05) is 7.87 Å². The Morgan fingerprint density at radius 3 is 2.67 bits per heavy atom. The molecule has 1 atom stereocenters. The number of hydrogen-bond donors (Lipinski definition) is 2. The highest BCUT2D eigenvalue weighted by Crippen LogP contribution is 1.99. The van der Waals surface area contributed by atoms with Gasteiger partial charge in [0.1, 0.15) is 0 Å². The molecule has 0 heterocycles. The Bertz CT molecular complexity index is 571. The normalized spacial score (nSPS) is 21.7. The van der Waals surface area contributed by atoms with Crippen LogP contribution in [0.15, 0.2) is 40.2 Å². The van der Waals surface area contributed by atoms with Crippen LogP contribution in [0.5, 0.6) is 0 Å². The second-order valence-electron chi connectivity index (χ2n) is 2.70. The van der Waals surface area contributed by atoms with Gasteiger partial charge in [0.05, 0.1) is 12.7 Å². The first-order chi connectivity index (χ1) is 9.54. The first kappa shape index (κ1) is 5.30. The number of nitrogens with two attached hydrogens (primary N) is 2. The van der Waals surface area contributed by atoms with Crippen LogP contribution in [0, 0.1) is 0 Å².